The van der Waals surface area contributed by atoms with E-state index in [1.54, 1.807) is 12.3 Å². The molecule has 1 amide bonds. The molecular weight excluding hydrogens is 356 g/mol. The molecule has 0 spiro atoms. The van der Waals surface area contributed by atoms with E-state index in [9.17, 15) is 4.79 Å². The molecule has 2 N–H and O–H groups in total. The number of hydrogen-bond acceptors (Lipinski definition) is 3. The van der Waals surface area contributed by atoms with Crippen molar-refractivity contribution in [3.8, 4) is 11.3 Å². The fraction of sp³-hybridized carbons (Fsp3) is 0. The van der Waals surface area contributed by atoms with E-state index >= 15 is 0 Å². The van der Waals surface area contributed by atoms with Gasteiger partial charge in [0.1, 0.15) is 5.69 Å². The van der Waals surface area contributed by atoms with Gasteiger partial charge in [0, 0.05) is 10.0 Å². The molecule has 0 aliphatic rings. The van der Waals surface area contributed by atoms with Crippen molar-refractivity contribution in [2.75, 3.05) is 0 Å². The lowest BCUT2D eigenvalue weighted by Gasteiger charge is -1.96. The monoisotopic (exact) mass is 368 g/mol. The van der Waals surface area contributed by atoms with Crippen molar-refractivity contribution >= 4 is 28.1 Å². The summed E-state index contributed by atoms with van der Waals surface area (Å²) in [5.74, 6) is -0.340. The van der Waals surface area contributed by atoms with E-state index in [4.69, 9.17) is 0 Å². The van der Waals surface area contributed by atoms with E-state index < -0.39 is 0 Å². The molecule has 0 saturated carbocycles. The quantitative estimate of drug-likeness (QED) is 0.545. The van der Waals surface area contributed by atoms with E-state index in [0.717, 1.165) is 15.6 Å². The number of rotatable bonds is 4. The highest BCUT2D eigenvalue weighted by Crippen LogP contribution is 2.16. The number of carbonyl (C=O) groups is 1. The van der Waals surface area contributed by atoms with Gasteiger partial charge in [0.25, 0.3) is 5.91 Å². The summed E-state index contributed by atoms with van der Waals surface area (Å²) >= 11 is 3.36. The number of carbonyl (C=O) groups excluding carboxylic acids is 1. The lowest BCUT2D eigenvalue weighted by Crippen LogP contribution is -2.17. The first-order valence-electron chi connectivity index (χ1n) is 6.92. The number of hydrazone groups is 1. The van der Waals surface area contributed by atoms with Gasteiger partial charge in [0.15, 0.2) is 0 Å². The summed E-state index contributed by atoms with van der Waals surface area (Å²) in [6, 6.07) is 18.9. The van der Waals surface area contributed by atoms with Crippen LogP contribution in [-0.2, 0) is 0 Å². The number of benzene rings is 2. The number of hydrogen-bond donors (Lipinski definition) is 2. The Labute approximate surface area is 141 Å². The maximum Gasteiger partial charge on any atom is 0.289 e. The van der Waals surface area contributed by atoms with Gasteiger partial charge in [-0.05, 0) is 23.8 Å². The number of nitrogens with zero attached hydrogens (tertiary/aromatic N) is 2. The first-order chi connectivity index (χ1) is 11.2. The lowest BCUT2D eigenvalue weighted by molar-refractivity contribution is 0.0950. The minimum Gasteiger partial charge on any atom is -0.272 e. The number of H-pyrrole nitrogens is 1. The predicted octanol–water partition coefficient (Wildman–Crippen LogP) is 3.60. The molecular formula is C17H13BrN4O. The molecule has 0 saturated heterocycles. The Morgan fingerprint density at radius 2 is 1.87 bits per heavy atom. The highest BCUT2D eigenvalue weighted by Gasteiger charge is 2.09. The van der Waals surface area contributed by atoms with Gasteiger partial charge in [-0.2, -0.15) is 10.2 Å². The van der Waals surface area contributed by atoms with Gasteiger partial charge in [-0.1, -0.05) is 58.4 Å². The van der Waals surface area contributed by atoms with Crippen LogP contribution in [0.4, 0.5) is 0 Å². The molecule has 114 valence electrons. The van der Waals surface area contributed by atoms with Crippen molar-refractivity contribution in [2.24, 2.45) is 5.10 Å². The molecule has 6 heteroatoms. The number of aromatic nitrogens is 2. The molecule has 1 heterocycles. The molecule has 5 nitrogen and oxygen atoms in total. The fourth-order valence-electron chi connectivity index (χ4n) is 1.97. The Morgan fingerprint density at radius 1 is 1.13 bits per heavy atom. The summed E-state index contributed by atoms with van der Waals surface area (Å²) in [5.41, 5.74) is 5.39. The molecule has 0 aliphatic heterocycles. The molecule has 3 rings (SSSR count). The summed E-state index contributed by atoms with van der Waals surface area (Å²) in [4.78, 5) is 12.0. The van der Waals surface area contributed by atoms with Crippen LogP contribution in [0.1, 0.15) is 16.1 Å². The van der Waals surface area contributed by atoms with Crippen LogP contribution in [0, 0.1) is 0 Å². The molecule has 0 radical (unpaired) electrons. The highest BCUT2D eigenvalue weighted by atomic mass is 79.9. The minimum atomic E-state index is -0.340. The van der Waals surface area contributed by atoms with Crippen molar-refractivity contribution < 1.29 is 4.79 Å². The van der Waals surface area contributed by atoms with Gasteiger partial charge in [-0.15, -0.1) is 0 Å². The number of amides is 1. The largest absolute Gasteiger partial charge is 0.289 e. The van der Waals surface area contributed by atoms with Crippen LogP contribution in [0.3, 0.4) is 0 Å². The molecule has 0 aliphatic carbocycles. The van der Waals surface area contributed by atoms with Crippen LogP contribution >= 0.6 is 15.9 Å². The van der Waals surface area contributed by atoms with E-state index in [1.807, 2.05) is 54.6 Å². The summed E-state index contributed by atoms with van der Waals surface area (Å²) in [6.45, 7) is 0. The van der Waals surface area contributed by atoms with Gasteiger partial charge < -0.3 is 0 Å². The number of halogens is 1. The molecule has 0 bridgehead atoms. The average molecular weight is 369 g/mol. The minimum absolute atomic E-state index is 0.340. The van der Waals surface area contributed by atoms with Crippen LogP contribution < -0.4 is 5.43 Å². The van der Waals surface area contributed by atoms with Crippen molar-refractivity contribution in [1.29, 1.82) is 0 Å². The lowest BCUT2D eigenvalue weighted by atomic mass is 10.1. The highest BCUT2D eigenvalue weighted by molar-refractivity contribution is 9.10. The van der Waals surface area contributed by atoms with E-state index in [-0.39, 0.29) is 5.91 Å². The summed E-state index contributed by atoms with van der Waals surface area (Å²) < 4.78 is 0.990. The van der Waals surface area contributed by atoms with Gasteiger partial charge >= 0.3 is 0 Å². The van der Waals surface area contributed by atoms with E-state index in [0.29, 0.717) is 11.4 Å². The van der Waals surface area contributed by atoms with Crippen LogP contribution in [-0.4, -0.2) is 22.3 Å². The molecule has 23 heavy (non-hydrogen) atoms. The van der Waals surface area contributed by atoms with Gasteiger partial charge in [-0.3, -0.25) is 9.89 Å². The van der Waals surface area contributed by atoms with Crippen molar-refractivity contribution in [1.82, 2.24) is 15.6 Å². The van der Waals surface area contributed by atoms with E-state index in [1.165, 1.54) is 0 Å². The van der Waals surface area contributed by atoms with Gasteiger partial charge in [0.05, 0.1) is 11.9 Å². The average Bonchev–Trinajstić information content (AvgIpc) is 3.07. The predicted molar refractivity (Wildman–Crippen MR) is 93.2 cm³/mol. The first-order valence-corrected chi connectivity index (χ1v) is 7.71. The Bertz CT molecular complexity index is 825. The first kappa shape index (κ1) is 15.2. The summed E-state index contributed by atoms with van der Waals surface area (Å²) in [6.07, 6.45) is 1.58. The Morgan fingerprint density at radius 3 is 2.61 bits per heavy atom. The normalized spacial score (nSPS) is 10.8. The summed E-state index contributed by atoms with van der Waals surface area (Å²) in [5, 5.41) is 10.8. The maximum atomic E-state index is 12.0. The third kappa shape index (κ3) is 3.92. The standard InChI is InChI=1S/C17H13BrN4O/c18-14-8-6-12(7-9-14)11-19-22-17(23)16-10-15(20-21-16)13-4-2-1-3-5-13/h1-11H,(H,20,21)(H,22,23)/b19-11+. The smallest absolute Gasteiger partial charge is 0.272 e. The van der Waals surface area contributed by atoms with Crippen molar-refractivity contribution in [2.45, 2.75) is 0 Å². The second kappa shape index (κ2) is 7.02. The third-order valence-electron chi connectivity index (χ3n) is 3.14. The molecule has 0 fully saturated rings. The van der Waals surface area contributed by atoms with Crippen LogP contribution in [0.15, 0.2) is 70.2 Å². The SMILES string of the molecule is O=C(N/N=C/c1ccc(Br)cc1)c1cc(-c2ccccc2)n[nH]1. The molecule has 3 aromatic rings. The molecule has 0 atom stereocenters. The van der Waals surface area contributed by atoms with Crippen molar-refractivity contribution in [3.63, 3.8) is 0 Å². The number of nitrogens with one attached hydrogen (secondary N) is 2. The van der Waals surface area contributed by atoms with Gasteiger partial charge in [0.2, 0.25) is 0 Å². The Balaban J connectivity index is 1.65. The van der Waals surface area contributed by atoms with Crippen LogP contribution in [0.5, 0.6) is 0 Å². The van der Waals surface area contributed by atoms with Crippen LogP contribution in [0.25, 0.3) is 11.3 Å². The fourth-order valence-corrected chi connectivity index (χ4v) is 2.23. The van der Waals surface area contributed by atoms with E-state index in [2.05, 4.69) is 36.7 Å². The Hall–Kier alpha value is -2.73. The third-order valence-corrected chi connectivity index (χ3v) is 3.67. The summed E-state index contributed by atoms with van der Waals surface area (Å²) in [7, 11) is 0. The van der Waals surface area contributed by atoms with Crippen LogP contribution in [0.2, 0.25) is 0 Å². The zero-order chi connectivity index (χ0) is 16.1. The number of aromatic amines is 1. The second-order valence-corrected chi connectivity index (χ2v) is 5.70. The maximum absolute atomic E-state index is 12.0. The molecule has 1 aromatic heterocycles. The molecule has 0 unspecified atom stereocenters. The zero-order valence-corrected chi connectivity index (χ0v) is 13.6. The van der Waals surface area contributed by atoms with Gasteiger partial charge in [-0.25, -0.2) is 5.43 Å². The topological polar surface area (TPSA) is 70.1 Å². The molecule has 2 aromatic carbocycles. The zero-order valence-electron chi connectivity index (χ0n) is 12.0. The second-order valence-electron chi connectivity index (χ2n) is 4.78. The van der Waals surface area contributed by atoms with Crippen molar-refractivity contribution in [3.05, 3.63) is 76.4 Å². The Kier molecular flexibility index (Phi) is 4.63.